The number of aliphatic hydroxyl groups is 3. The van der Waals surface area contributed by atoms with Crippen molar-refractivity contribution in [1.29, 1.82) is 0 Å². The molecule has 0 radical (unpaired) electrons. The predicted octanol–water partition coefficient (Wildman–Crippen LogP) is 0.648. The normalized spacial score (nSPS) is 49.9. The van der Waals surface area contributed by atoms with Gasteiger partial charge < -0.3 is 43.7 Å². The van der Waals surface area contributed by atoms with Crippen molar-refractivity contribution in [1.82, 2.24) is 4.90 Å². The number of carbonyl (C=O) groups is 2. The van der Waals surface area contributed by atoms with Crippen molar-refractivity contribution in [2.24, 2.45) is 34.5 Å². The molecule has 1 spiro atoms. The minimum absolute atomic E-state index is 0.0791. The SMILES string of the molecule is CCN1C[C@]2(COC)[C@H](O)C[C@H](OC)C34C1C([C@H](OC)[C@@H]32)[C@]1(OC(C)=O)[C@@H]2[C@H]4C[C@@](O)([C@@H]2OC(=O)c2ccccc2)[C@@H](OC)[C@@H]1O. The van der Waals surface area contributed by atoms with Crippen LogP contribution < -0.4 is 0 Å². The van der Waals surface area contributed by atoms with Crippen LogP contribution in [0.1, 0.15) is 37.0 Å². The molecule has 7 rings (SSSR count). The molecule has 0 aromatic heterocycles. The van der Waals surface area contributed by atoms with E-state index in [0.717, 1.165) is 0 Å². The van der Waals surface area contributed by atoms with Crippen LogP contribution in [0.15, 0.2) is 30.3 Å². The number of ether oxygens (including phenoxy) is 6. The first-order valence-corrected chi connectivity index (χ1v) is 16.3. The Kier molecular flexibility index (Phi) is 7.69. The van der Waals surface area contributed by atoms with Crippen molar-refractivity contribution >= 4 is 11.9 Å². The number of likely N-dealkylation sites (tertiary alicyclic amines) is 1. The maximum Gasteiger partial charge on any atom is 0.338 e. The largest absolute Gasteiger partial charge is 0.455 e. The van der Waals surface area contributed by atoms with E-state index >= 15 is 0 Å². The van der Waals surface area contributed by atoms with Crippen LogP contribution in [0.4, 0.5) is 0 Å². The smallest absolute Gasteiger partial charge is 0.338 e. The third-order valence-electron chi connectivity index (χ3n) is 13.2. The van der Waals surface area contributed by atoms with Crippen LogP contribution in [-0.4, -0.2) is 134 Å². The Morgan fingerprint density at radius 3 is 2.30 bits per heavy atom. The zero-order valence-corrected chi connectivity index (χ0v) is 27.3. The van der Waals surface area contributed by atoms with Gasteiger partial charge in [0, 0.05) is 83.0 Å². The Bertz CT molecular complexity index is 1360. The standard InChI is InChI=1S/C34H47NO11/c1-7-35-15-31(16-41-3)20(37)13-21(42-4)33-19-14-32(40)28(45-30(39)18-11-9-8-10-12-18)22(19)34(46-17(2)36,27(38)29(32)44-6)23(26(33)35)24(43-5)25(31)33/h8-12,19-29,37-38,40H,7,13-16H2,1-6H3/t19-,20-,21+,22-,23?,24+,25-,26?,27+,28-,29+,31+,32-,33?,34-/m1/s1. The van der Waals surface area contributed by atoms with Gasteiger partial charge in [0.15, 0.2) is 5.60 Å². The summed E-state index contributed by atoms with van der Waals surface area (Å²) in [6.07, 6.45) is -5.49. The number of hydrogen-bond acceptors (Lipinski definition) is 12. The van der Waals surface area contributed by atoms with Crippen LogP contribution in [0.2, 0.25) is 0 Å². The Morgan fingerprint density at radius 1 is 1.00 bits per heavy atom. The first-order valence-electron chi connectivity index (χ1n) is 16.3. The number of aliphatic hydroxyl groups excluding tert-OH is 2. The average molecular weight is 646 g/mol. The minimum atomic E-state index is -1.83. The van der Waals surface area contributed by atoms with E-state index < -0.39 is 88.3 Å². The number of rotatable bonds is 9. The topological polar surface area (TPSA) is 153 Å². The molecule has 15 atom stereocenters. The van der Waals surface area contributed by atoms with Crippen molar-refractivity contribution in [2.45, 2.75) is 80.6 Å². The van der Waals surface area contributed by atoms with E-state index in [0.29, 0.717) is 25.1 Å². The van der Waals surface area contributed by atoms with Gasteiger partial charge >= 0.3 is 11.9 Å². The molecule has 254 valence electrons. The quantitative estimate of drug-likeness (QED) is 0.323. The lowest BCUT2D eigenvalue weighted by molar-refractivity contribution is -0.322. The van der Waals surface area contributed by atoms with E-state index in [2.05, 4.69) is 4.90 Å². The highest BCUT2D eigenvalue weighted by Gasteiger charge is 2.92. The van der Waals surface area contributed by atoms with Crippen molar-refractivity contribution in [2.75, 3.05) is 48.1 Å². The molecule has 1 heterocycles. The van der Waals surface area contributed by atoms with Gasteiger partial charge in [-0.25, -0.2) is 4.79 Å². The molecule has 1 aromatic rings. The van der Waals surface area contributed by atoms with Crippen molar-refractivity contribution in [3.05, 3.63) is 35.9 Å². The van der Waals surface area contributed by atoms with Gasteiger partial charge in [0.2, 0.25) is 0 Å². The molecule has 6 fully saturated rings. The Morgan fingerprint density at radius 2 is 1.72 bits per heavy atom. The fraction of sp³-hybridized carbons (Fsp3) is 0.765. The van der Waals surface area contributed by atoms with Crippen molar-refractivity contribution in [3.8, 4) is 0 Å². The van der Waals surface area contributed by atoms with Crippen molar-refractivity contribution in [3.63, 3.8) is 0 Å². The third kappa shape index (κ3) is 3.62. The summed E-state index contributed by atoms with van der Waals surface area (Å²) in [5, 5.41) is 37.3. The summed E-state index contributed by atoms with van der Waals surface area (Å²) < 4.78 is 37.4. The highest BCUT2D eigenvalue weighted by Crippen LogP contribution is 2.80. The van der Waals surface area contributed by atoms with Gasteiger partial charge in [0.1, 0.15) is 23.9 Å². The van der Waals surface area contributed by atoms with Crippen LogP contribution >= 0.6 is 0 Å². The van der Waals surface area contributed by atoms with E-state index in [9.17, 15) is 24.9 Å². The van der Waals surface area contributed by atoms with Crippen LogP contribution in [0.3, 0.4) is 0 Å². The van der Waals surface area contributed by atoms with Crippen LogP contribution in [-0.2, 0) is 33.2 Å². The lowest BCUT2D eigenvalue weighted by Crippen LogP contribution is -2.81. The summed E-state index contributed by atoms with van der Waals surface area (Å²) in [4.78, 5) is 29.3. The molecule has 12 heteroatoms. The van der Waals surface area contributed by atoms with Gasteiger partial charge in [-0.2, -0.15) is 0 Å². The highest BCUT2D eigenvalue weighted by atomic mass is 16.6. The van der Waals surface area contributed by atoms with Gasteiger partial charge in [0.05, 0.1) is 30.5 Å². The van der Waals surface area contributed by atoms with E-state index in [-0.39, 0.29) is 25.0 Å². The van der Waals surface area contributed by atoms with E-state index in [1.54, 1.807) is 51.7 Å². The molecule has 3 N–H and O–H groups in total. The summed E-state index contributed by atoms with van der Waals surface area (Å²) in [6, 6.07) is 8.18. The zero-order valence-electron chi connectivity index (χ0n) is 27.3. The summed E-state index contributed by atoms with van der Waals surface area (Å²) in [5.74, 6) is -3.65. The number of fused-ring (bicyclic) bond motifs is 2. The van der Waals surface area contributed by atoms with Gasteiger partial charge in [0.25, 0.3) is 0 Å². The molecule has 5 saturated carbocycles. The first kappa shape index (κ1) is 32.4. The molecular formula is C34H47NO11. The fourth-order valence-corrected chi connectivity index (χ4v) is 12.3. The lowest BCUT2D eigenvalue weighted by atomic mass is 9.42. The Hall–Kier alpha value is -2.16. The summed E-state index contributed by atoms with van der Waals surface area (Å²) in [5.41, 5.74) is -4.79. The zero-order chi connectivity index (χ0) is 33.0. The monoisotopic (exact) mass is 645 g/mol. The number of methoxy groups -OCH3 is 4. The number of piperidine rings is 1. The van der Waals surface area contributed by atoms with Crippen LogP contribution in [0.25, 0.3) is 0 Å². The van der Waals surface area contributed by atoms with E-state index in [1.165, 1.54) is 14.0 Å². The number of esters is 2. The number of carbonyl (C=O) groups excluding carboxylic acids is 2. The number of benzene rings is 1. The van der Waals surface area contributed by atoms with E-state index in [4.69, 9.17) is 28.4 Å². The first-order chi connectivity index (χ1) is 22.0. The second kappa shape index (κ2) is 10.9. The fourth-order valence-electron chi connectivity index (χ4n) is 12.3. The Labute approximate surface area is 269 Å². The minimum Gasteiger partial charge on any atom is -0.455 e. The molecule has 6 aliphatic rings. The molecule has 46 heavy (non-hydrogen) atoms. The molecule has 5 aliphatic carbocycles. The molecule has 12 nitrogen and oxygen atoms in total. The average Bonchev–Trinajstić information content (AvgIpc) is 3.41. The molecule has 1 aliphatic heterocycles. The lowest BCUT2D eigenvalue weighted by Gasteiger charge is -2.70. The summed E-state index contributed by atoms with van der Waals surface area (Å²) in [7, 11) is 6.27. The van der Waals surface area contributed by atoms with Gasteiger partial charge in [-0.15, -0.1) is 0 Å². The molecule has 7 bridgehead atoms. The van der Waals surface area contributed by atoms with Gasteiger partial charge in [-0.1, -0.05) is 25.1 Å². The third-order valence-corrected chi connectivity index (χ3v) is 13.2. The molecule has 3 unspecified atom stereocenters. The maximum atomic E-state index is 13.8. The van der Waals surface area contributed by atoms with Crippen LogP contribution in [0.5, 0.6) is 0 Å². The Balaban J connectivity index is 1.53. The summed E-state index contributed by atoms with van der Waals surface area (Å²) >= 11 is 0. The second-order valence-corrected chi connectivity index (χ2v) is 14.4. The molecule has 1 saturated heterocycles. The molecular weight excluding hydrogens is 598 g/mol. The van der Waals surface area contributed by atoms with E-state index in [1.807, 2.05) is 6.92 Å². The van der Waals surface area contributed by atoms with Gasteiger partial charge in [-0.05, 0) is 31.0 Å². The highest BCUT2D eigenvalue weighted by molar-refractivity contribution is 5.89. The predicted molar refractivity (Wildman–Crippen MR) is 160 cm³/mol. The maximum absolute atomic E-state index is 13.8. The molecule has 1 aromatic carbocycles. The van der Waals surface area contributed by atoms with Crippen LogP contribution in [0, 0.1) is 34.5 Å². The van der Waals surface area contributed by atoms with Gasteiger partial charge in [-0.3, -0.25) is 9.69 Å². The summed E-state index contributed by atoms with van der Waals surface area (Å²) in [6.45, 7) is 4.68. The van der Waals surface area contributed by atoms with Crippen molar-refractivity contribution < 1.29 is 53.3 Å². The second-order valence-electron chi connectivity index (χ2n) is 14.4. The molecule has 0 amide bonds. The number of nitrogens with zero attached hydrogens (tertiary/aromatic N) is 1. The number of hydrogen-bond donors (Lipinski definition) is 3.